The Morgan fingerprint density at radius 1 is 1.00 bits per heavy atom. The topological polar surface area (TPSA) is 72.7 Å². The molecule has 0 saturated heterocycles. The SMILES string of the molecule is Cc1cc(-c2ncc(CNC(=O)c3cc(-c4ccccc4)nn3C)cc2C)ccn1. The van der Waals surface area contributed by atoms with Gasteiger partial charge in [0.15, 0.2) is 0 Å². The van der Waals surface area contributed by atoms with Gasteiger partial charge in [-0.1, -0.05) is 36.4 Å². The lowest BCUT2D eigenvalue weighted by Crippen LogP contribution is -2.25. The number of amides is 1. The summed E-state index contributed by atoms with van der Waals surface area (Å²) < 4.78 is 1.61. The summed E-state index contributed by atoms with van der Waals surface area (Å²) in [6.07, 6.45) is 3.59. The van der Waals surface area contributed by atoms with Crippen molar-refractivity contribution in [3.05, 3.63) is 89.5 Å². The predicted molar refractivity (Wildman–Crippen MR) is 117 cm³/mol. The fraction of sp³-hybridized carbons (Fsp3) is 0.167. The molecule has 0 saturated carbocycles. The highest BCUT2D eigenvalue weighted by Gasteiger charge is 2.14. The average molecular weight is 397 g/mol. The van der Waals surface area contributed by atoms with Gasteiger partial charge in [0.05, 0.1) is 11.4 Å². The van der Waals surface area contributed by atoms with E-state index < -0.39 is 0 Å². The zero-order chi connectivity index (χ0) is 21.1. The molecule has 3 heterocycles. The van der Waals surface area contributed by atoms with Crippen LogP contribution in [0.4, 0.5) is 0 Å². The highest BCUT2D eigenvalue weighted by molar-refractivity contribution is 5.93. The maximum absolute atomic E-state index is 12.7. The van der Waals surface area contributed by atoms with Crippen molar-refractivity contribution in [2.75, 3.05) is 0 Å². The van der Waals surface area contributed by atoms with E-state index in [4.69, 9.17) is 0 Å². The number of nitrogens with zero attached hydrogens (tertiary/aromatic N) is 4. The molecule has 6 heteroatoms. The van der Waals surface area contributed by atoms with Crippen LogP contribution >= 0.6 is 0 Å². The van der Waals surface area contributed by atoms with E-state index in [1.807, 2.05) is 62.4 Å². The van der Waals surface area contributed by atoms with E-state index in [1.165, 1.54) is 0 Å². The van der Waals surface area contributed by atoms with E-state index in [-0.39, 0.29) is 5.91 Å². The lowest BCUT2D eigenvalue weighted by molar-refractivity contribution is 0.0941. The number of hydrogen-bond donors (Lipinski definition) is 1. The summed E-state index contributed by atoms with van der Waals surface area (Å²) in [5.41, 5.74) is 7.19. The molecule has 1 amide bonds. The van der Waals surface area contributed by atoms with E-state index in [9.17, 15) is 4.79 Å². The molecule has 0 unspecified atom stereocenters. The average Bonchev–Trinajstić information content (AvgIpc) is 3.14. The minimum absolute atomic E-state index is 0.168. The maximum atomic E-state index is 12.7. The van der Waals surface area contributed by atoms with Gasteiger partial charge in [0, 0.05) is 42.8 Å². The second-order valence-electron chi connectivity index (χ2n) is 7.28. The predicted octanol–water partition coefficient (Wildman–Crippen LogP) is 4.09. The van der Waals surface area contributed by atoms with Crippen molar-refractivity contribution in [3.63, 3.8) is 0 Å². The van der Waals surface area contributed by atoms with Crippen molar-refractivity contribution < 1.29 is 4.79 Å². The first kappa shape index (κ1) is 19.5. The number of aryl methyl sites for hydroxylation is 3. The third-order valence-corrected chi connectivity index (χ3v) is 4.94. The zero-order valence-corrected chi connectivity index (χ0v) is 17.3. The molecule has 0 spiro atoms. The molecule has 0 radical (unpaired) electrons. The Bertz CT molecular complexity index is 1200. The molecule has 6 nitrogen and oxygen atoms in total. The first-order chi connectivity index (χ1) is 14.5. The lowest BCUT2D eigenvalue weighted by atomic mass is 10.1. The number of aromatic nitrogens is 4. The van der Waals surface area contributed by atoms with Crippen molar-refractivity contribution in [2.24, 2.45) is 7.05 Å². The Hall–Kier alpha value is -3.80. The van der Waals surface area contributed by atoms with Gasteiger partial charge in [-0.3, -0.25) is 19.4 Å². The fourth-order valence-electron chi connectivity index (χ4n) is 3.43. The van der Waals surface area contributed by atoms with Crippen LogP contribution in [0.2, 0.25) is 0 Å². The van der Waals surface area contributed by atoms with Gasteiger partial charge in [-0.25, -0.2) is 0 Å². The number of benzene rings is 1. The Labute approximate surface area is 175 Å². The standard InChI is InChI=1S/C24H23N5O/c1-16-11-18(14-26-23(16)20-9-10-25-17(2)12-20)15-27-24(30)22-13-21(28-29(22)3)19-7-5-4-6-8-19/h4-14H,15H2,1-3H3,(H,27,30). The number of rotatable bonds is 5. The lowest BCUT2D eigenvalue weighted by Gasteiger charge is -2.09. The smallest absolute Gasteiger partial charge is 0.269 e. The molecule has 30 heavy (non-hydrogen) atoms. The van der Waals surface area contributed by atoms with Gasteiger partial charge in [0.2, 0.25) is 0 Å². The van der Waals surface area contributed by atoms with Crippen LogP contribution in [0.3, 0.4) is 0 Å². The number of pyridine rings is 2. The second-order valence-corrected chi connectivity index (χ2v) is 7.28. The van der Waals surface area contributed by atoms with E-state index in [1.54, 1.807) is 24.1 Å². The number of hydrogen-bond acceptors (Lipinski definition) is 4. The van der Waals surface area contributed by atoms with Crippen molar-refractivity contribution in [3.8, 4) is 22.5 Å². The molecule has 0 fully saturated rings. The van der Waals surface area contributed by atoms with Crippen LogP contribution in [0.15, 0.2) is 67.0 Å². The molecule has 1 N–H and O–H groups in total. The number of nitrogens with one attached hydrogen (secondary N) is 1. The van der Waals surface area contributed by atoms with Gasteiger partial charge >= 0.3 is 0 Å². The molecule has 1 aromatic carbocycles. The van der Waals surface area contributed by atoms with Crippen LogP contribution in [0.25, 0.3) is 22.5 Å². The third-order valence-electron chi connectivity index (χ3n) is 4.94. The highest BCUT2D eigenvalue weighted by atomic mass is 16.2. The normalized spacial score (nSPS) is 10.8. The maximum Gasteiger partial charge on any atom is 0.269 e. The van der Waals surface area contributed by atoms with Crippen molar-refractivity contribution in [2.45, 2.75) is 20.4 Å². The third kappa shape index (κ3) is 4.12. The molecule has 150 valence electrons. The summed E-state index contributed by atoms with van der Waals surface area (Å²) in [6.45, 7) is 4.38. The van der Waals surface area contributed by atoms with Crippen LogP contribution in [0, 0.1) is 13.8 Å². The summed E-state index contributed by atoms with van der Waals surface area (Å²) in [7, 11) is 1.78. The summed E-state index contributed by atoms with van der Waals surface area (Å²) in [5.74, 6) is -0.168. The van der Waals surface area contributed by atoms with Crippen molar-refractivity contribution in [1.29, 1.82) is 0 Å². The molecule has 3 aromatic heterocycles. The number of carbonyl (C=O) groups excluding carboxylic acids is 1. The first-order valence-electron chi connectivity index (χ1n) is 9.77. The van der Waals surface area contributed by atoms with Gasteiger partial charge in [-0.15, -0.1) is 0 Å². The Morgan fingerprint density at radius 3 is 2.53 bits per heavy atom. The summed E-state index contributed by atoms with van der Waals surface area (Å²) in [6, 6.07) is 17.7. The van der Waals surface area contributed by atoms with Crippen LogP contribution in [-0.4, -0.2) is 25.7 Å². The van der Waals surface area contributed by atoms with E-state index in [0.717, 1.165) is 39.3 Å². The van der Waals surface area contributed by atoms with Crippen LogP contribution in [-0.2, 0) is 13.6 Å². The molecule has 0 aliphatic heterocycles. The molecule has 0 atom stereocenters. The Kier molecular flexibility index (Phi) is 5.39. The van der Waals surface area contributed by atoms with Crippen molar-refractivity contribution >= 4 is 5.91 Å². The van der Waals surface area contributed by atoms with Gasteiger partial charge in [0.25, 0.3) is 5.91 Å². The second kappa shape index (κ2) is 8.29. The van der Waals surface area contributed by atoms with Crippen LogP contribution < -0.4 is 5.32 Å². The zero-order valence-electron chi connectivity index (χ0n) is 17.3. The van der Waals surface area contributed by atoms with Crippen LogP contribution in [0.1, 0.15) is 27.3 Å². The molecule has 4 aromatic rings. The van der Waals surface area contributed by atoms with E-state index in [2.05, 4.69) is 26.4 Å². The van der Waals surface area contributed by atoms with E-state index >= 15 is 0 Å². The molecule has 0 aliphatic carbocycles. The van der Waals surface area contributed by atoms with Gasteiger partial charge in [0.1, 0.15) is 5.69 Å². The van der Waals surface area contributed by atoms with Gasteiger partial charge in [-0.2, -0.15) is 5.10 Å². The van der Waals surface area contributed by atoms with Gasteiger partial charge in [-0.05, 0) is 43.2 Å². The quantitative estimate of drug-likeness (QED) is 0.550. The highest BCUT2D eigenvalue weighted by Crippen LogP contribution is 2.22. The van der Waals surface area contributed by atoms with E-state index in [0.29, 0.717) is 12.2 Å². The minimum atomic E-state index is -0.168. The monoisotopic (exact) mass is 397 g/mol. The summed E-state index contributed by atoms with van der Waals surface area (Å²) >= 11 is 0. The number of carbonyl (C=O) groups is 1. The molecule has 4 rings (SSSR count). The molecular weight excluding hydrogens is 374 g/mol. The molecule has 0 bridgehead atoms. The fourth-order valence-corrected chi connectivity index (χ4v) is 3.43. The molecule has 0 aliphatic rings. The first-order valence-corrected chi connectivity index (χ1v) is 9.77. The summed E-state index contributed by atoms with van der Waals surface area (Å²) in [5, 5.41) is 7.43. The van der Waals surface area contributed by atoms with Crippen LogP contribution in [0.5, 0.6) is 0 Å². The summed E-state index contributed by atoms with van der Waals surface area (Å²) in [4.78, 5) is 21.5. The largest absolute Gasteiger partial charge is 0.347 e. The molecular formula is C24H23N5O. The van der Waals surface area contributed by atoms with Crippen molar-refractivity contribution in [1.82, 2.24) is 25.1 Å². The Morgan fingerprint density at radius 2 is 1.80 bits per heavy atom. The minimum Gasteiger partial charge on any atom is -0.347 e. The Balaban J connectivity index is 1.47. The van der Waals surface area contributed by atoms with Gasteiger partial charge < -0.3 is 5.32 Å².